The summed E-state index contributed by atoms with van der Waals surface area (Å²) in [6.45, 7) is 0. The topological polar surface area (TPSA) is 265 Å². The number of hydrogen-bond acceptors (Lipinski definition) is 12. The fraction of sp³-hybridized carbons (Fsp3) is 0. The van der Waals surface area contributed by atoms with E-state index in [1.807, 2.05) is 0 Å². The predicted octanol–water partition coefficient (Wildman–Crippen LogP) is -0.959. The van der Waals surface area contributed by atoms with Gasteiger partial charge in [-0.15, -0.1) is 0 Å². The van der Waals surface area contributed by atoms with Crippen LogP contribution in [-0.2, 0) is 17.1 Å². The van der Waals surface area contributed by atoms with Crippen LogP contribution in [0, 0.1) is 61.3 Å². The minimum atomic E-state index is -1.75. The van der Waals surface area contributed by atoms with Gasteiger partial charge in [-0.2, -0.15) is 0 Å². The van der Waals surface area contributed by atoms with Crippen LogP contribution in [0.1, 0.15) is 0 Å². The Morgan fingerprint density at radius 2 is 0.412 bits per heavy atom. The molecule has 16 nitrogen and oxygen atoms in total. The predicted molar refractivity (Wildman–Crippen MR) is 41.4 cm³/mol. The second kappa shape index (κ2) is 23.3. The Hall–Kier alpha value is -2.68. The van der Waals surface area contributed by atoms with Gasteiger partial charge in [0.15, 0.2) is 0 Å². The van der Waals surface area contributed by atoms with Crippen LogP contribution in [0.25, 0.3) is 0 Å². The molecule has 107 valence electrons. The summed E-state index contributed by atoms with van der Waals surface area (Å²) in [5.74, 6) is 0. The quantitative estimate of drug-likeness (QED) is 0.297. The molecule has 0 heterocycles. The Balaban J connectivity index is -0.0000000369. The molecule has 0 atom stereocenters. The Kier molecular flexibility index (Phi) is 40.0. The molecule has 0 spiro atoms. The molecule has 0 fully saturated rings. The van der Waals surface area contributed by atoms with E-state index in [0.717, 1.165) is 0 Å². The molecule has 0 aliphatic carbocycles. The molecule has 0 N–H and O–H groups in total. The fourth-order valence-electron chi connectivity index (χ4n) is 0. The largest absolute Gasteiger partial charge is 0.356 e. The van der Waals surface area contributed by atoms with E-state index in [-0.39, 0.29) is 17.1 Å². The van der Waals surface area contributed by atoms with E-state index in [4.69, 9.17) is 61.3 Å². The maximum atomic E-state index is 8.25. The third kappa shape index (κ3) is 238. The van der Waals surface area contributed by atoms with Crippen LogP contribution in [0.15, 0.2) is 0 Å². The van der Waals surface area contributed by atoms with Gasteiger partial charge in [0.2, 0.25) is 0 Å². The Morgan fingerprint density at radius 3 is 0.412 bits per heavy atom. The van der Waals surface area contributed by atoms with Crippen LogP contribution in [0.5, 0.6) is 0 Å². The summed E-state index contributed by atoms with van der Waals surface area (Å²) in [4.78, 5) is 33.0. The number of rotatable bonds is 0. The molecule has 0 saturated carbocycles. The van der Waals surface area contributed by atoms with Gasteiger partial charge in [0.25, 0.3) is 0 Å². The molecule has 0 aromatic carbocycles. The summed E-state index contributed by atoms with van der Waals surface area (Å²) in [6.07, 6.45) is 0. The standard InChI is InChI=1S/Cu.4NO3/c;4*2-1(3)4/q;4*-1. The van der Waals surface area contributed by atoms with Gasteiger partial charge < -0.3 is 61.3 Å². The molecule has 17 heavy (non-hydrogen) atoms. The average molecular weight is 312 g/mol. The molecule has 0 bridgehead atoms. The molecule has 0 rings (SSSR count). The smallest absolute Gasteiger partial charge is 0.0689 e. The molecule has 0 amide bonds. The van der Waals surface area contributed by atoms with Crippen LogP contribution in [-0.4, -0.2) is 20.3 Å². The second-order valence-corrected chi connectivity index (χ2v) is 0.894. The first-order valence-corrected chi connectivity index (χ1v) is 2.19. The molecule has 17 heteroatoms. The van der Waals surface area contributed by atoms with Crippen LogP contribution in [0.2, 0.25) is 0 Å². The fourth-order valence-corrected chi connectivity index (χ4v) is 0. The monoisotopic (exact) mass is 311 g/mol. The van der Waals surface area contributed by atoms with Crippen molar-refractivity contribution in [3.8, 4) is 0 Å². The number of hydrogen-bond donors (Lipinski definition) is 0. The van der Waals surface area contributed by atoms with Crippen molar-refractivity contribution in [2.75, 3.05) is 0 Å². The molecule has 0 aromatic heterocycles. The summed E-state index contributed by atoms with van der Waals surface area (Å²) in [5.41, 5.74) is 0. The molecule has 0 unspecified atom stereocenters. The molecule has 0 aliphatic heterocycles. The van der Waals surface area contributed by atoms with Crippen LogP contribution in [0.3, 0.4) is 0 Å². The van der Waals surface area contributed by atoms with Gasteiger partial charge in [0.05, 0.1) is 20.3 Å². The van der Waals surface area contributed by atoms with Crippen LogP contribution < -0.4 is 0 Å². The van der Waals surface area contributed by atoms with E-state index in [1.165, 1.54) is 0 Å². The maximum absolute atomic E-state index is 8.25. The minimum absolute atomic E-state index is 0. The van der Waals surface area contributed by atoms with E-state index in [9.17, 15) is 0 Å². The van der Waals surface area contributed by atoms with Crippen molar-refractivity contribution >= 4 is 0 Å². The van der Waals surface area contributed by atoms with Gasteiger partial charge in [0.1, 0.15) is 0 Å². The van der Waals surface area contributed by atoms with Gasteiger partial charge in [-0.3, -0.25) is 0 Å². The molecule has 0 aromatic rings. The van der Waals surface area contributed by atoms with Gasteiger partial charge in [-0.1, -0.05) is 0 Å². The van der Waals surface area contributed by atoms with Crippen molar-refractivity contribution in [2.45, 2.75) is 0 Å². The van der Waals surface area contributed by atoms with Gasteiger partial charge >= 0.3 is 0 Å². The first kappa shape index (κ1) is 29.2. The van der Waals surface area contributed by atoms with E-state index >= 15 is 0 Å². The third-order valence-corrected chi connectivity index (χ3v) is 0. The summed E-state index contributed by atoms with van der Waals surface area (Å²) in [7, 11) is 0. The van der Waals surface area contributed by atoms with Crippen molar-refractivity contribution in [3.63, 3.8) is 0 Å². The zero-order chi connectivity index (χ0) is 14.3. The molecule has 0 aliphatic rings. The minimum Gasteiger partial charge on any atom is -0.356 e. The van der Waals surface area contributed by atoms with Crippen molar-refractivity contribution in [3.05, 3.63) is 61.3 Å². The summed E-state index contributed by atoms with van der Waals surface area (Å²) in [5, 5.41) is 59.0. The van der Waals surface area contributed by atoms with Gasteiger partial charge in [0, 0.05) is 17.1 Å². The zero-order valence-electron chi connectivity index (χ0n) is 6.99. The van der Waals surface area contributed by atoms with Crippen LogP contribution >= 0.6 is 0 Å². The Bertz CT molecular complexity index is 159. The van der Waals surface area contributed by atoms with Crippen molar-refractivity contribution in [2.24, 2.45) is 0 Å². The Morgan fingerprint density at radius 1 is 0.412 bits per heavy atom. The summed E-state index contributed by atoms with van der Waals surface area (Å²) in [6, 6.07) is 0. The Labute approximate surface area is 99.6 Å². The van der Waals surface area contributed by atoms with E-state index in [2.05, 4.69) is 0 Å². The first-order valence-electron chi connectivity index (χ1n) is 2.19. The van der Waals surface area contributed by atoms with Gasteiger partial charge in [-0.25, -0.2) is 0 Å². The third-order valence-electron chi connectivity index (χ3n) is 0. The normalized spacial score (nSPS) is 5.65. The molecule has 1 radical (unpaired) electrons. The SMILES string of the molecule is O=[N+]([O-])[O-].O=[N+]([O-])[O-].O=[N+]([O-])[O-].O=[N+]([O-])[O-].[Cu]. The average Bonchev–Trinajstić information content (AvgIpc) is 1.76. The van der Waals surface area contributed by atoms with E-state index in [0.29, 0.717) is 0 Å². The van der Waals surface area contributed by atoms with Crippen molar-refractivity contribution in [1.29, 1.82) is 0 Å². The van der Waals surface area contributed by atoms with Crippen molar-refractivity contribution < 1.29 is 37.4 Å². The summed E-state index contributed by atoms with van der Waals surface area (Å²) < 4.78 is 0. The van der Waals surface area contributed by atoms with Crippen molar-refractivity contribution in [1.82, 2.24) is 0 Å². The number of nitrogens with zero attached hydrogens (tertiary/aromatic N) is 4. The van der Waals surface area contributed by atoms with E-state index < -0.39 is 20.3 Å². The molecule has 0 saturated heterocycles. The maximum Gasteiger partial charge on any atom is 0.0689 e. The summed E-state index contributed by atoms with van der Waals surface area (Å²) >= 11 is 0. The first-order chi connectivity index (χ1) is 6.93. The molecular formula is CuN4O12-4. The van der Waals surface area contributed by atoms with E-state index in [1.54, 1.807) is 0 Å². The second-order valence-electron chi connectivity index (χ2n) is 0.894. The van der Waals surface area contributed by atoms with Gasteiger partial charge in [-0.05, 0) is 0 Å². The molecular weight excluding hydrogens is 312 g/mol. The zero-order valence-corrected chi connectivity index (χ0v) is 7.93. The van der Waals surface area contributed by atoms with Crippen LogP contribution in [0.4, 0.5) is 0 Å².